The summed E-state index contributed by atoms with van der Waals surface area (Å²) in [5.41, 5.74) is 0.837. The molecule has 1 aromatic carbocycles. The van der Waals surface area contributed by atoms with Crippen molar-refractivity contribution >= 4 is 30.7 Å². The molecule has 1 aliphatic heterocycles. The number of hydrogen-bond acceptors (Lipinski definition) is 4. The predicted molar refractivity (Wildman–Crippen MR) is 81.0 cm³/mol. The van der Waals surface area contributed by atoms with Crippen LogP contribution in [0.1, 0.15) is 5.56 Å². The second kappa shape index (κ2) is 5.87. The van der Waals surface area contributed by atoms with Gasteiger partial charge in [-0.15, -0.1) is 9.45 Å². The number of benzene rings is 1. The van der Waals surface area contributed by atoms with E-state index in [9.17, 15) is 8.42 Å². The fraction of sp³-hybridized carbons (Fsp3) is 0.500. The fourth-order valence-corrected chi connectivity index (χ4v) is 3.86. The zero-order valence-corrected chi connectivity index (χ0v) is 13.4. The Labute approximate surface area is 121 Å². The Morgan fingerprint density at radius 3 is 2.89 bits per heavy atom. The highest BCUT2D eigenvalue weighted by Gasteiger charge is 2.28. The summed E-state index contributed by atoms with van der Waals surface area (Å²) in [6.45, 7) is 1.10. The summed E-state index contributed by atoms with van der Waals surface area (Å²) in [6, 6.07) is 5.18. The van der Waals surface area contributed by atoms with Gasteiger partial charge in [0.1, 0.15) is 5.75 Å². The molecule has 1 aromatic rings. The first-order valence-corrected chi connectivity index (χ1v) is 10.1. The van der Waals surface area contributed by atoms with Crippen LogP contribution in [0.25, 0.3) is 0 Å². The van der Waals surface area contributed by atoms with Crippen LogP contribution in [0.15, 0.2) is 23.1 Å². The van der Waals surface area contributed by atoms with Gasteiger partial charge in [0, 0.05) is 19.3 Å². The van der Waals surface area contributed by atoms with E-state index in [4.69, 9.17) is 15.9 Å². The van der Waals surface area contributed by atoms with Gasteiger partial charge >= 0.3 is 0 Å². The van der Waals surface area contributed by atoms with E-state index >= 15 is 0 Å². The second-order valence-corrected chi connectivity index (χ2v) is 9.75. The monoisotopic (exact) mass is 319 g/mol. The van der Waals surface area contributed by atoms with Crippen LogP contribution in [0, 0.1) is 0 Å². The molecule has 19 heavy (non-hydrogen) atoms. The number of ether oxygens (including phenoxy) is 1. The zero-order valence-electron chi connectivity index (χ0n) is 11.0. The summed E-state index contributed by atoms with van der Waals surface area (Å²) >= 11 is 5.10. The Morgan fingerprint density at radius 1 is 1.47 bits per heavy atom. The average molecular weight is 319 g/mol. The number of hydrogen-bond donors (Lipinski definition) is 0. The van der Waals surface area contributed by atoms with Gasteiger partial charge in [-0.2, -0.15) is 0 Å². The van der Waals surface area contributed by atoms with Crippen LogP contribution in [-0.2, 0) is 37.1 Å². The summed E-state index contributed by atoms with van der Waals surface area (Å²) in [7, 11) is -1.76. The first-order chi connectivity index (χ1) is 8.91. The molecule has 0 saturated carbocycles. The van der Waals surface area contributed by atoms with Crippen LogP contribution in [0.3, 0.4) is 0 Å². The van der Waals surface area contributed by atoms with Crippen LogP contribution < -0.4 is 4.74 Å². The summed E-state index contributed by atoms with van der Waals surface area (Å²) in [6.07, 6.45) is 2.72. The minimum atomic E-state index is -3.31. The van der Waals surface area contributed by atoms with Gasteiger partial charge in [-0.05, 0) is 36.4 Å². The number of likely N-dealkylation sites (N-methyl/N-ethyl adjacent to an activating group) is 1. The molecule has 0 bridgehead atoms. The third kappa shape index (κ3) is 3.34. The third-order valence-corrected chi connectivity index (χ3v) is 6.25. The normalized spacial score (nSPS) is 19.7. The molecule has 7 heteroatoms. The Hall–Kier alpha value is -0.500. The lowest BCUT2D eigenvalue weighted by atomic mass is 10.1. The number of fused-ring (bicyclic) bond motifs is 1. The molecule has 0 amide bonds. The summed E-state index contributed by atoms with van der Waals surface area (Å²) in [4.78, 5) is 0.395. The molecule has 1 atom stereocenters. The maximum Gasteiger partial charge on any atom is 0.243 e. The van der Waals surface area contributed by atoms with Crippen molar-refractivity contribution in [1.82, 2.24) is 4.31 Å². The minimum absolute atomic E-state index is 0.0526. The van der Waals surface area contributed by atoms with Gasteiger partial charge in [0.05, 0.1) is 11.5 Å². The summed E-state index contributed by atoms with van der Waals surface area (Å²) < 4.78 is 31.2. The lowest BCUT2D eigenvalue weighted by Gasteiger charge is -2.25. The van der Waals surface area contributed by atoms with Gasteiger partial charge in [-0.25, -0.2) is 12.7 Å². The van der Waals surface area contributed by atoms with Crippen LogP contribution in [0.5, 0.6) is 5.75 Å². The molecular weight excluding hydrogens is 302 g/mol. The van der Waals surface area contributed by atoms with E-state index in [1.807, 2.05) is 12.3 Å². The van der Waals surface area contributed by atoms with Crippen molar-refractivity contribution in [3.63, 3.8) is 0 Å². The fourth-order valence-electron chi connectivity index (χ4n) is 1.94. The molecule has 1 unspecified atom stereocenters. The van der Waals surface area contributed by atoms with E-state index in [0.29, 0.717) is 18.0 Å². The molecule has 0 fully saturated rings. The predicted octanol–water partition coefficient (Wildman–Crippen LogP) is 0.952. The van der Waals surface area contributed by atoms with E-state index in [-0.39, 0.29) is 9.45 Å². The van der Waals surface area contributed by atoms with Crippen LogP contribution in [0.4, 0.5) is 0 Å². The van der Waals surface area contributed by atoms with E-state index in [1.54, 1.807) is 19.2 Å². The highest BCUT2D eigenvalue weighted by Crippen LogP contribution is 2.28. The van der Waals surface area contributed by atoms with Gasteiger partial charge in [0.15, 0.2) is 0 Å². The first-order valence-electron chi connectivity index (χ1n) is 5.93. The number of sulfonamides is 1. The molecule has 106 valence electrons. The highest BCUT2D eigenvalue weighted by molar-refractivity contribution is 8.28. The Kier molecular flexibility index (Phi) is 4.60. The maximum atomic E-state index is 12.1. The number of nitrogens with zero attached hydrogens (tertiary/aromatic N) is 1. The third-order valence-electron chi connectivity index (χ3n) is 3.06. The van der Waals surface area contributed by atoms with E-state index in [2.05, 4.69) is 0 Å². The van der Waals surface area contributed by atoms with Gasteiger partial charge in [-0.1, -0.05) is 11.2 Å². The lowest BCUT2D eigenvalue weighted by molar-refractivity contribution is 0.342. The molecule has 0 aliphatic carbocycles. The molecule has 1 heterocycles. The van der Waals surface area contributed by atoms with Crippen molar-refractivity contribution in [3.8, 4) is 5.75 Å². The van der Waals surface area contributed by atoms with E-state index < -0.39 is 10.0 Å². The van der Waals surface area contributed by atoms with Gasteiger partial charge in [0.25, 0.3) is 0 Å². The molecular formula is C12H17NO3S3. The molecule has 0 N–H and O–H groups in total. The first kappa shape index (κ1) is 14.9. The molecule has 0 spiro atoms. The minimum Gasteiger partial charge on any atom is -0.493 e. The quantitative estimate of drug-likeness (QED) is 0.829. The van der Waals surface area contributed by atoms with Crippen LogP contribution in [-0.4, -0.2) is 44.9 Å². The van der Waals surface area contributed by atoms with Crippen molar-refractivity contribution in [2.24, 2.45) is 0 Å². The maximum absolute atomic E-state index is 12.1. The Morgan fingerprint density at radius 2 is 2.21 bits per heavy atom. The van der Waals surface area contributed by atoms with E-state index in [1.165, 1.54) is 4.31 Å². The molecule has 0 radical (unpaired) electrons. The summed E-state index contributed by atoms with van der Waals surface area (Å²) in [5, 5.41) is 0. The number of rotatable bonds is 4. The van der Waals surface area contributed by atoms with Crippen molar-refractivity contribution in [1.29, 1.82) is 0 Å². The van der Waals surface area contributed by atoms with Gasteiger partial charge in [-0.3, -0.25) is 0 Å². The smallest absolute Gasteiger partial charge is 0.243 e. The van der Waals surface area contributed by atoms with Crippen molar-refractivity contribution < 1.29 is 13.2 Å². The SMILES string of the molecule is CN1CCc2cc(OCCS(C)=S)ccc2S1(=O)=O. The standard InChI is InChI=1S/C12H17NO3S3/c1-13-6-5-10-9-11(16-7-8-18(2)17)3-4-12(10)19(13,14)15/h3-4,9H,5-8H2,1-2H3. The average Bonchev–Trinajstić information content (AvgIpc) is 2.34. The van der Waals surface area contributed by atoms with E-state index in [0.717, 1.165) is 23.5 Å². The van der Waals surface area contributed by atoms with Crippen molar-refractivity contribution in [2.45, 2.75) is 11.3 Å². The lowest BCUT2D eigenvalue weighted by Crippen LogP contribution is -2.33. The van der Waals surface area contributed by atoms with Crippen LogP contribution in [0.2, 0.25) is 0 Å². The second-order valence-electron chi connectivity index (χ2n) is 4.47. The zero-order chi connectivity index (χ0) is 14.0. The largest absolute Gasteiger partial charge is 0.493 e. The molecule has 1 aliphatic rings. The van der Waals surface area contributed by atoms with Crippen molar-refractivity contribution in [2.75, 3.05) is 32.2 Å². The molecule has 0 saturated heterocycles. The molecule has 0 aromatic heterocycles. The van der Waals surface area contributed by atoms with Crippen molar-refractivity contribution in [3.05, 3.63) is 23.8 Å². The Balaban J connectivity index is 2.19. The summed E-state index contributed by atoms with van der Waals surface area (Å²) in [5.74, 6) is 1.56. The molecule has 2 rings (SSSR count). The topological polar surface area (TPSA) is 46.6 Å². The van der Waals surface area contributed by atoms with Gasteiger partial charge in [0.2, 0.25) is 10.0 Å². The Bertz CT molecular complexity index is 598. The van der Waals surface area contributed by atoms with Crippen LogP contribution >= 0.6 is 0 Å². The molecule has 4 nitrogen and oxygen atoms in total. The highest BCUT2D eigenvalue weighted by atomic mass is 32.8. The van der Waals surface area contributed by atoms with Gasteiger partial charge < -0.3 is 4.74 Å².